The van der Waals surface area contributed by atoms with Crippen molar-refractivity contribution in [1.82, 2.24) is 5.32 Å². The Morgan fingerprint density at radius 2 is 1.45 bits per heavy atom. The van der Waals surface area contributed by atoms with Crippen LogP contribution in [-0.2, 0) is 16.6 Å². The van der Waals surface area contributed by atoms with Crippen LogP contribution in [0.25, 0.3) is 11.1 Å². The Hall–Kier alpha value is -3.42. The highest BCUT2D eigenvalue weighted by molar-refractivity contribution is 7.92. The standard InChI is InChI=1S/C24H20N2O3S2/c27-24(23-21(15-16-30-23)18-9-3-1-4-10-18)25-17-19-11-7-8-14-22(19)26-31(28,29)20-12-5-2-6-13-20/h1-16,26H,17H2,(H,25,27). The minimum absolute atomic E-state index is 0.180. The molecule has 0 unspecified atom stereocenters. The van der Waals surface area contributed by atoms with E-state index in [0.29, 0.717) is 16.1 Å². The molecule has 4 rings (SSSR count). The Morgan fingerprint density at radius 1 is 0.806 bits per heavy atom. The molecular weight excluding hydrogens is 428 g/mol. The molecule has 31 heavy (non-hydrogen) atoms. The van der Waals surface area contributed by atoms with Crippen LogP contribution in [0.3, 0.4) is 0 Å². The number of rotatable bonds is 7. The summed E-state index contributed by atoms with van der Waals surface area (Å²) in [7, 11) is -3.72. The van der Waals surface area contributed by atoms with E-state index in [1.54, 1.807) is 36.4 Å². The molecule has 7 heteroatoms. The summed E-state index contributed by atoms with van der Waals surface area (Å²) in [5, 5.41) is 4.80. The highest BCUT2D eigenvalue weighted by Crippen LogP contribution is 2.28. The van der Waals surface area contributed by atoms with Crippen LogP contribution in [0.2, 0.25) is 0 Å². The van der Waals surface area contributed by atoms with Crippen LogP contribution in [0, 0.1) is 0 Å². The van der Waals surface area contributed by atoms with E-state index in [0.717, 1.165) is 11.1 Å². The summed E-state index contributed by atoms with van der Waals surface area (Å²) in [4.78, 5) is 13.7. The smallest absolute Gasteiger partial charge is 0.262 e. The second kappa shape index (κ2) is 9.16. The molecule has 0 atom stereocenters. The summed E-state index contributed by atoms with van der Waals surface area (Å²) in [5.74, 6) is -0.199. The number of sulfonamides is 1. The molecule has 0 aliphatic rings. The fourth-order valence-electron chi connectivity index (χ4n) is 3.16. The Bertz CT molecular complexity index is 1280. The van der Waals surface area contributed by atoms with Crippen LogP contribution in [-0.4, -0.2) is 14.3 Å². The lowest BCUT2D eigenvalue weighted by Crippen LogP contribution is -2.23. The van der Waals surface area contributed by atoms with Crippen molar-refractivity contribution in [2.24, 2.45) is 0 Å². The van der Waals surface area contributed by atoms with Gasteiger partial charge in [-0.25, -0.2) is 8.42 Å². The molecule has 0 saturated heterocycles. The monoisotopic (exact) mass is 448 g/mol. The second-order valence-corrected chi connectivity index (χ2v) is 9.39. The molecule has 0 saturated carbocycles. The molecule has 0 radical (unpaired) electrons. The maximum Gasteiger partial charge on any atom is 0.262 e. The minimum Gasteiger partial charge on any atom is -0.347 e. The number of hydrogen-bond donors (Lipinski definition) is 2. The maximum atomic E-state index is 12.9. The van der Waals surface area contributed by atoms with Gasteiger partial charge in [-0.3, -0.25) is 9.52 Å². The molecule has 5 nitrogen and oxygen atoms in total. The first-order valence-electron chi connectivity index (χ1n) is 9.61. The molecule has 1 aromatic heterocycles. The van der Waals surface area contributed by atoms with Gasteiger partial charge >= 0.3 is 0 Å². The first-order chi connectivity index (χ1) is 15.0. The van der Waals surface area contributed by atoms with E-state index in [4.69, 9.17) is 0 Å². The largest absolute Gasteiger partial charge is 0.347 e. The predicted octanol–water partition coefficient (Wildman–Crippen LogP) is 5.15. The second-order valence-electron chi connectivity index (χ2n) is 6.79. The van der Waals surface area contributed by atoms with Gasteiger partial charge in [0.1, 0.15) is 0 Å². The lowest BCUT2D eigenvalue weighted by Gasteiger charge is -2.13. The zero-order valence-electron chi connectivity index (χ0n) is 16.5. The zero-order valence-corrected chi connectivity index (χ0v) is 18.1. The molecular formula is C24H20N2O3S2. The average molecular weight is 449 g/mol. The molecule has 1 heterocycles. The summed E-state index contributed by atoms with van der Waals surface area (Å²) in [6.07, 6.45) is 0. The van der Waals surface area contributed by atoms with Crippen molar-refractivity contribution in [3.8, 4) is 11.1 Å². The van der Waals surface area contributed by atoms with Gasteiger partial charge in [0.2, 0.25) is 0 Å². The van der Waals surface area contributed by atoms with Gasteiger partial charge in [0.15, 0.2) is 0 Å². The topological polar surface area (TPSA) is 75.3 Å². The number of carbonyl (C=O) groups excluding carboxylic acids is 1. The normalized spacial score (nSPS) is 11.1. The summed E-state index contributed by atoms with van der Waals surface area (Å²) in [6, 6.07) is 26.9. The third-order valence-electron chi connectivity index (χ3n) is 4.71. The van der Waals surface area contributed by atoms with Gasteiger partial charge < -0.3 is 5.32 Å². The van der Waals surface area contributed by atoms with Crippen LogP contribution in [0.15, 0.2) is 101 Å². The number of nitrogens with one attached hydrogen (secondary N) is 2. The lowest BCUT2D eigenvalue weighted by molar-refractivity contribution is 0.0955. The van der Waals surface area contributed by atoms with E-state index >= 15 is 0 Å². The summed E-state index contributed by atoms with van der Waals surface area (Å²) in [5.41, 5.74) is 2.96. The Balaban J connectivity index is 1.51. The molecule has 0 fully saturated rings. The molecule has 0 spiro atoms. The van der Waals surface area contributed by atoms with E-state index in [1.807, 2.05) is 47.8 Å². The van der Waals surface area contributed by atoms with Gasteiger partial charge in [-0.2, -0.15) is 0 Å². The van der Waals surface area contributed by atoms with E-state index < -0.39 is 10.0 Å². The Kier molecular flexibility index (Phi) is 6.16. The van der Waals surface area contributed by atoms with Gasteiger partial charge in [0, 0.05) is 12.1 Å². The first-order valence-corrected chi connectivity index (χ1v) is 12.0. The van der Waals surface area contributed by atoms with Crippen LogP contribution >= 0.6 is 11.3 Å². The summed E-state index contributed by atoms with van der Waals surface area (Å²) < 4.78 is 28.0. The fraction of sp³-hybridized carbons (Fsp3) is 0.0417. The zero-order chi connectivity index (χ0) is 21.7. The van der Waals surface area contributed by atoms with Crippen molar-refractivity contribution < 1.29 is 13.2 Å². The highest BCUT2D eigenvalue weighted by atomic mass is 32.2. The summed E-state index contributed by atoms with van der Waals surface area (Å²) in [6.45, 7) is 0.193. The van der Waals surface area contributed by atoms with Gasteiger partial charge in [-0.1, -0.05) is 66.7 Å². The van der Waals surface area contributed by atoms with E-state index in [9.17, 15) is 13.2 Å². The summed E-state index contributed by atoms with van der Waals surface area (Å²) >= 11 is 1.38. The molecule has 0 aliphatic carbocycles. The number of para-hydroxylation sites is 1. The van der Waals surface area contributed by atoms with Crippen molar-refractivity contribution in [2.75, 3.05) is 4.72 Å². The molecule has 4 aromatic rings. The number of amides is 1. The van der Waals surface area contributed by atoms with E-state index in [-0.39, 0.29) is 17.3 Å². The van der Waals surface area contributed by atoms with Crippen LogP contribution < -0.4 is 10.0 Å². The molecule has 1 amide bonds. The van der Waals surface area contributed by atoms with Crippen molar-refractivity contribution in [1.29, 1.82) is 0 Å². The molecule has 156 valence electrons. The van der Waals surface area contributed by atoms with Crippen molar-refractivity contribution in [2.45, 2.75) is 11.4 Å². The van der Waals surface area contributed by atoms with Gasteiger partial charge in [-0.15, -0.1) is 11.3 Å². The van der Waals surface area contributed by atoms with Gasteiger partial charge in [0.05, 0.1) is 15.5 Å². The van der Waals surface area contributed by atoms with Crippen LogP contribution in [0.5, 0.6) is 0 Å². The van der Waals surface area contributed by atoms with Crippen molar-refractivity contribution >= 4 is 33.0 Å². The number of anilines is 1. The van der Waals surface area contributed by atoms with Crippen LogP contribution in [0.1, 0.15) is 15.2 Å². The van der Waals surface area contributed by atoms with E-state index in [2.05, 4.69) is 10.0 Å². The molecule has 3 aromatic carbocycles. The van der Waals surface area contributed by atoms with Gasteiger partial charge in [-0.05, 0) is 40.8 Å². The molecule has 0 aliphatic heterocycles. The van der Waals surface area contributed by atoms with Crippen molar-refractivity contribution in [3.05, 3.63) is 107 Å². The number of carbonyl (C=O) groups is 1. The third kappa shape index (κ3) is 4.84. The number of thiophene rings is 1. The third-order valence-corrected chi connectivity index (χ3v) is 7.01. The predicted molar refractivity (Wildman–Crippen MR) is 125 cm³/mol. The van der Waals surface area contributed by atoms with Crippen LogP contribution in [0.4, 0.5) is 5.69 Å². The quantitative estimate of drug-likeness (QED) is 0.411. The fourth-order valence-corrected chi connectivity index (χ4v) is 5.12. The van der Waals surface area contributed by atoms with Gasteiger partial charge in [0.25, 0.3) is 15.9 Å². The molecule has 0 bridgehead atoms. The lowest BCUT2D eigenvalue weighted by atomic mass is 10.1. The number of benzene rings is 3. The Labute approximate surface area is 185 Å². The SMILES string of the molecule is O=C(NCc1ccccc1NS(=O)(=O)c1ccccc1)c1sccc1-c1ccccc1. The first kappa shape index (κ1) is 20.8. The average Bonchev–Trinajstić information content (AvgIpc) is 3.29. The number of hydrogen-bond acceptors (Lipinski definition) is 4. The minimum atomic E-state index is -3.72. The maximum absolute atomic E-state index is 12.9. The Morgan fingerprint density at radius 3 is 2.19 bits per heavy atom. The van der Waals surface area contributed by atoms with E-state index in [1.165, 1.54) is 23.5 Å². The van der Waals surface area contributed by atoms with Crippen molar-refractivity contribution in [3.63, 3.8) is 0 Å². The highest BCUT2D eigenvalue weighted by Gasteiger charge is 2.17. The molecule has 2 N–H and O–H groups in total.